The summed E-state index contributed by atoms with van der Waals surface area (Å²) in [5.74, 6) is -0.493. The zero-order chi connectivity index (χ0) is 9.90. The Kier molecular flexibility index (Phi) is 2.96. The molecule has 0 aromatic rings. The molecule has 1 rings (SSSR count). The molecule has 3 heteroatoms. The number of unbranched alkanes of at least 4 members (excludes halogenated alkanes) is 2. The first-order chi connectivity index (χ1) is 6.17. The largest absolute Gasteiger partial charge is 0.298 e. The highest BCUT2D eigenvalue weighted by molar-refractivity contribution is 6.33. The van der Waals surface area contributed by atoms with E-state index in [0.717, 1.165) is 19.3 Å². The molecule has 1 aliphatic rings. The molecule has 0 spiro atoms. The van der Waals surface area contributed by atoms with Crippen LogP contribution in [0.5, 0.6) is 0 Å². The standard InChI is InChI=1S/C10H13O3/c1-2-3-4-5-10(7-11)8(12)6-9(10)13/h2-6H2,1H3. The molecule has 3 nitrogen and oxygen atoms in total. The lowest BCUT2D eigenvalue weighted by Gasteiger charge is -2.31. The second-order valence-electron chi connectivity index (χ2n) is 3.49. The third-order valence-corrected chi connectivity index (χ3v) is 2.60. The third kappa shape index (κ3) is 1.55. The van der Waals surface area contributed by atoms with Crippen molar-refractivity contribution in [3.05, 3.63) is 0 Å². The van der Waals surface area contributed by atoms with Crippen LogP contribution in [0.4, 0.5) is 0 Å². The molecule has 0 unspecified atom stereocenters. The number of carbonyl (C=O) groups is 2. The Bertz CT molecular complexity index is 229. The molecule has 0 aliphatic heterocycles. The van der Waals surface area contributed by atoms with Crippen LogP contribution in [-0.2, 0) is 14.4 Å². The number of hydrogen-bond acceptors (Lipinski definition) is 3. The number of carbonyl (C=O) groups excluding carboxylic acids is 3. The van der Waals surface area contributed by atoms with Crippen molar-refractivity contribution in [2.45, 2.75) is 39.0 Å². The summed E-state index contributed by atoms with van der Waals surface area (Å²) >= 11 is 0. The van der Waals surface area contributed by atoms with Crippen LogP contribution < -0.4 is 0 Å². The topological polar surface area (TPSA) is 51.2 Å². The highest BCUT2D eigenvalue weighted by atomic mass is 16.2. The Labute approximate surface area is 77.5 Å². The Hall–Kier alpha value is -0.990. The molecule has 0 amide bonds. The predicted molar refractivity (Wildman–Crippen MR) is 46.9 cm³/mol. The van der Waals surface area contributed by atoms with E-state index in [2.05, 4.69) is 0 Å². The van der Waals surface area contributed by atoms with Gasteiger partial charge in [-0.25, -0.2) is 0 Å². The predicted octanol–water partition coefficient (Wildman–Crippen LogP) is 1.20. The quantitative estimate of drug-likeness (QED) is 0.473. The molecule has 1 radical (unpaired) electrons. The summed E-state index contributed by atoms with van der Waals surface area (Å²) in [4.78, 5) is 32.8. The fraction of sp³-hybridized carbons (Fsp3) is 0.700. The molecule has 0 N–H and O–H groups in total. The molecule has 0 saturated heterocycles. The zero-order valence-corrected chi connectivity index (χ0v) is 7.76. The van der Waals surface area contributed by atoms with E-state index in [9.17, 15) is 14.4 Å². The summed E-state index contributed by atoms with van der Waals surface area (Å²) in [6.07, 6.45) is 4.63. The van der Waals surface area contributed by atoms with Crippen molar-refractivity contribution < 1.29 is 14.4 Å². The van der Waals surface area contributed by atoms with Gasteiger partial charge in [0.2, 0.25) is 6.29 Å². The van der Waals surface area contributed by atoms with Gasteiger partial charge in [-0.2, -0.15) is 0 Å². The van der Waals surface area contributed by atoms with Crippen LogP contribution >= 0.6 is 0 Å². The maximum absolute atomic E-state index is 11.1. The van der Waals surface area contributed by atoms with Gasteiger partial charge >= 0.3 is 0 Å². The van der Waals surface area contributed by atoms with Crippen molar-refractivity contribution in [2.24, 2.45) is 5.41 Å². The Morgan fingerprint density at radius 1 is 1.31 bits per heavy atom. The van der Waals surface area contributed by atoms with Crippen molar-refractivity contribution in [3.63, 3.8) is 0 Å². The number of ketones is 2. The fourth-order valence-corrected chi connectivity index (χ4v) is 1.58. The van der Waals surface area contributed by atoms with E-state index in [1.165, 1.54) is 0 Å². The molecule has 1 saturated carbocycles. The molecule has 0 aromatic carbocycles. The highest BCUT2D eigenvalue weighted by Crippen LogP contribution is 2.36. The molecular formula is C10H13O3. The summed E-state index contributed by atoms with van der Waals surface area (Å²) in [6.45, 7) is 2.03. The average Bonchev–Trinajstić information content (AvgIpc) is 2.12. The zero-order valence-electron chi connectivity index (χ0n) is 7.76. The minimum absolute atomic E-state index is 0.0681. The van der Waals surface area contributed by atoms with Gasteiger partial charge in [0, 0.05) is 0 Å². The number of Topliss-reactive ketones (excluding diaryl/α,β-unsaturated/α-hetero) is 2. The summed E-state index contributed by atoms with van der Waals surface area (Å²) in [7, 11) is 0. The lowest BCUT2D eigenvalue weighted by Crippen LogP contribution is -2.51. The van der Waals surface area contributed by atoms with Gasteiger partial charge in [0.1, 0.15) is 0 Å². The molecule has 0 atom stereocenters. The summed E-state index contributed by atoms with van der Waals surface area (Å²) in [5, 5.41) is 0. The maximum atomic E-state index is 11.1. The van der Waals surface area contributed by atoms with E-state index in [0.29, 0.717) is 6.42 Å². The fourth-order valence-electron chi connectivity index (χ4n) is 1.58. The van der Waals surface area contributed by atoms with Gasteiger partial charge in [-0.1, -0.05) is 26.2 Å². The van der Waals surface area contributed by atoms with Gasteiger partial charge in [-0.3, -0.25) is 14.4 Å². The first-order valence-corrected chi connectivity index (χ1v) is 4.63. The van der Waals surface area contributed by atoms with Crippen LogP contribution in [0.2, 0.25) is 0 Å². The normalized spacial score (nSPS) is 19.8. The monoisotopic (exact) mass is 181 g/mol. The molecule has 1 aliphatic carbocycles. The molecule has 13 heavy (non-hydrogen) atoms. The first kappa shape index (κ1) is 10.1. The summed E-state index contributed by atoms with van der Waals surface area (Å²) in [5.41, 5.74) is -1.35. The van der Waals surface area contributed by atoms with Crippen LogP contribution in [-0.4, -0.2) is 17.9 Å². The first-order valence-electron chi connectivity index (χ1n) is 4.63. The molecular weight excluding hydrogens is 168 g/mol. The summed E-state index contributed by atoms with van der Waals surface area (Å²) in [6, 6.07) is 0. The Balaban J connectivity index is 2.55. The smallest absolute Gasteiger partial charge is 0.220 e. The van der Waals surface area contributed by atoms with E-state index in [1.807, 2.05) is 6.92 Å². The third-order valence-electron chi connectivity index (χ3n) is 2.60. The molecule has 0 heterocycles. The van der Waals surface area contributed by atoms with E-state index in [-0.39, 0.29) is 18.0 Å². The van der Waals surface area contributed by atoms with Gasteiger partial charge in [-0.15, -0.1) is 0 Å². The van der Waals surface area contributed by atoms with Gasteiger partial charge in [0.05, 0.1) is 6.42 Å². The Morgan fingerprint density at radius 3 is 2.31 bits per heavy atom. The minimum atomic E-state index is -1.35. The van der Waals surface area contributed by atoms with Gasteiger partial charge < -0.3 is 0 Å². The van der Waals surface area contributed by atoms with E-state index < -0.39 is 5.41 Å². The van der Waals surface area contributed by atoms with Crippen molar-refractivity contribution in [2.75, 3.05) is 0 Å². The second kappa shape index (κ2) is 3.81. The highest BCUT2D eigenvalue weighted by Gasteiger charge is 2.54. The average molecular weight is 181 g/mol. The van der Waals surface area contributed by atoms with Crippen molar-refractivity contribution in [1.82, 2.24) is 0 Å². The van der Waals surface area contributed by atoms with Crippen LogP contribution in [0, 0.1) is 5.41 Å². The number of rotatable bonds is 5. The van der Waals surface area contributed by atoms with Gasteiger partial charge in [0.15, 0.2) is 17.0 Å². The van der Waals surface area contributed by atoms with E-state index >= 15 is 0 Å². The van der Waals surface area contributed by atoms with Crippen molar-refractivity contribution in [3.8, 4) is 0 Å². The molecule has 71 valence electrons. The van der Waals surface area contributed by atoms with E-state index in [4.69, 9.17) is 0 Å². The SMILES string of the molecule is CCCCCC1([C]=O)C(=O)CC1=O. The van der Waals surface area contributed by atoms with Crippen LogP contribution in [0.3, 0.4) is 0 Å². The summed E-state index contributed by atoms with van der Waals surface area (Å²) < 4.78 is 0. The second-order valence-corrected chi connectivity index (χ2v) is 3.49. The lowest BCUT2D eigenvalue weighted by atomic mass is 9.64. The van der Waals surface area contributed by atoms with Crippen LogP contribution in [0.1, 0.15) is 39.0 Å². The van der Waals surface area contributed by atoms with Crippen LogP contribution in [0.15, 0.2) is 0 Å². The van der Waals surface area contributed by atoms with Crippen molar-refractivity contribution in [1.29, 1.82) is 0 Å². The maximum Gasteiger partial charge on any atom is 0.220 e. The molecule has 0 bridgehead atoms. The Morgan fingerprint density at radius 2 is 1.92 bits per heavy atom. The van der Waals surface area contributed by atoms with Crippen molar-refractivity contribution >= 4 is 17.9 Å². The molecule has 0 aromatic heterocycles. The van der Waals surface area contributed by atoms with Gasteiger partial charge in [0.25, 0.3) is 0 Å². The minimum Gasteiger partial charge on any atom is -0.298 e. The van der Waals surface area contributed by atoms with E-state index in [1.54, 1.807) is 6.29 Å². The number of hydrogen-bond donors (Lipinski definition) is 0. The molecule has 1 fully saturated rings. The van der Waals surface area contributed by atoms with Gasteiger partial charge in [-0.05, 0) is 6.42 Å². The lowest BCUT2D eigenvalue weighted by molar-refractivity contribution is -0.148. The van der Waals surface area contributed by atoms with Crippen LogP contribution in [0.25, 0.3) is 0 Å².